The number of benzene rings is 2. The minimum atomic E-state index is -0.242. The average Bonchev–Trinajstić information content (AvgIpc) is 3.41. The molecule has 0 N–H and O–H groups in total. The Bertz CT molecular complexity index is 1210. The summed E-state index contributed by atoms with van der Waals surface area (Å²) in [4.78, 5) is 32.9. The van der Waals surface area contributed by atoms with Crippen molar-refractivity contribution in [1.82, 2.24) is 14.7 Å². The first-order valence-electron chi connectivity index (χ1n) is 12.8. The normalized spacial score (nSPS) is 18.0. The van der Waals surface area contributed by atoms with Crippen LogP contribution < -0.4 is 0 Å². The second-order valence-corrected chi connectivity index (χ2v) is 10.5. The van der Waals surface area contributed by atoms with Crippen LogP contribution in [0.15, 0.2) is 66.0 Å². The highest BCUT2D eigenvalue weighted by Gasteiger charge is 2.31. The number of thiophene rings is 1. The number of carbonyl (C=O) groups is 2. The predicted octanol–water partition coefficient (Wildman–Crippen LogP) is 4.11. The fourth-order valence-electron chi connectivity index (χ4n) is 5.20. The van der Waals surface area contributed by atoms with E-state index in [0.717, 1.165) is 24.1 Å². The van der Waals surface area contributed by atoms with Gasteiger partial charge in [-0.3, -0.25) is 14.5 Å². The molecule has 194 valence electrons. The van der Waals surface area contributed by atoms with Crippen LogP contribution in [0.25, 0.3) is 0 Å². The lowest BCUT2D eigenvalue weighted by molar-refractivity contribution is -0.142. The second-order valence-electron chi connectivity index (χ2n) is 9.53. The first-order chi connectivity index (χ1) is 18.1. The largest absolute Gasteiger partial charge is 0.367 e. The molecule has 5 rings (SSSR count). The highest BCUT2D eigenvalue weighted by atomic mass is 32.1. The highest BCUT2D eigenvalue weighted by Crippen LogP contribution is 2.38. The van der Waals surface area contributed by atoms with Crippen LogP contribution in [0.1, 0.15) is 34.0 Å². The van der Waals surface area contributed by atoms with Crippen LogP contribution in [0, 0.1) is 5.82 Å². The fourth-order valence-corrected chi connectivity index (χ4v) is 6.10. The van der Waals surface area contributed by atoms with E-state index in [4.69, 9.17) is 4.74 Å². The zero-order valence-corrected chi connectivity index (χ0v) is 21.7. The Labute approximate surface area is 221 Å². The summed E-state index contributed by atoms with van der Waals surface area (Å²) in [5.41, 5.74) is 3.18. The topological polar surface area (TPSA) is 53.1 Å². The van der Waals surface area contributed by atoms with E-state index in [1.54, 1.807) is 28.4 Å². The zero-order valence-electron chi connectivity index (χ0n) is 20.9. The van der Waals surface area contributed by atoms with Gasteiger partial charge in [0.1, 0.15) is 12.4 Å². The monoisotopic (exact) mass is 521 g/mol. The molecular weight excluding hydrogens is 489 g/mol. The summed E-state index contributed by atoms with van der Waals surface area (Å²) >= 11 is 1.75. The standard InChI is InChI=1S/C29H32FN3O3S/c30-24-8-4-7-23(19-24)29-25-11-18-37-26(25)9-12-33(29)13-10-27(34)31-14-16-32(17-15-31)28(35)21-36-20-22-5-2-1-3-6-22/h1-8,11,18-19,29H,9-10,12-17,20-21H2. The number of ether oxygens (including phenoxy) is 1. The molecular formula is C29H32FN3O3S. The summed E-state index contributed by atoms with van der Waals surface area (Å²) in [6.45, 7) is 4.01. The summed E-state index contributed by atoms with van der Waals surface area (Å²) < 4.78 is 19.6. The molecule has 0 radical (unpaired) electrons. The van der Waals surface area contributed by atoms with Crippen LogP contribution in [0.2, 0.25) is 0 Å². The van der Waals surface area contributed by atoms with Crippen molar-refractivity contribution in [2.45, 2.75) is 25.5 Å². The maximum Gasteiger partial charge on any atom is 0.248 e. The lowest BCUT2D eigenvalue weighted by Gasteiger charge is -2.38. The van der Waals surface area contributed by atoms with Gasteiger partial charge in [-0.1, -0.05) is 42.5 Å². The van der Waals surface area contributed by atoms with Crippen molar-refractivity contribution in [2.24, 2.45) is 0 Å². The van der Waals surface area contributed by atoms with E-state index < -0.39 is 0 Å². The molecule has 3 heterocycles. The molecule has 37 heavy (non-hydrogen) atoms. The number of rotatable bonds is 8. The quantitative estimate of drug-likeness (QED) is 0.448. The van der Waals surface area contributed by atoms with Crippen molar-refractivity contribution in [3.63, 3.8) is 0 Å². The minimum absolute atomic E-state index is 0.0381. The third-order valence-corrected chi connectivity index (χ3v) is 8.16. The SMILES string of the molecule is O=C(CCN1CCc2sccc2C1c1cccc(F)c1)N1CCN(C(=O)COCc2ccccc2)CC1. The van der Waals surface area contributed by atoms with Crippen LogP contribution in [-0.4, -0.2) is 72.4 Å². The zero-order chi connectivity index (χ0) is 25.6. The first kappa shape index (κ1) is 25.6. The number of fused-ring (bicyclic) bond motifs is 1. The van der Waals surface area contributed by atoms with E-state index in [-0.39, 0.29) is 30.3 Å². The molecule has 0 spiro atoms. The summed E-state index contributed by atoms with van der Waals surface area (Å²) in [5.74, 6) is -0.184. The van der Waals surface area contributed by atoms with Gasteiger partial charge in [-0.2, -0.15) is 0 Å². The molecule has 1 aromatic heterocycles. The third-order valence-electron chi connectivity index (χ3n) is 7.17. The Morgan fingerprint density at radius 2 is 1.68 bits per heavy atom. The molecule has 2 aliphatic rings. The summed E-state index contributed by atoms with van der Waals surface area (Å²) in [6, 6.07) is 18.7. The van der Waals surface area contributed by atoms with Gasteiger partial charge < -0.3 is 14.5 Å². The molecule has 1 fully saturated rings. The first-order valence-corrected chi connectivity index (χ1v) is 13.7. The molecule has 0 saturated carbocycles. The smallest absolute Gasteiger partial charge is 0.248 e. The van der Waals surface area contributed by atoms with Crippen LogP contribution in [0.3, 0.4) is 0 Å². The van der Waals surface area contributed by atoms with Crippen molar-refractivity contribution < 1.29 is 18.7 Å². The fraction of sp³-hybridized carbons (Fsp3) is 0.379. The van der Waals surface area contributed by atoms with Crippen molar-refractivity contribution >= 4 is 23.2 Å². The molecule has 0 aliphatic carbocycles. The van der Waals surface area contributed by atoms with Crippen LogP contribution >= 0.6 is 11.3 Å². The van der Waals surface area contributed by atoms with Crippen molar-refractivity contribution in [2.75, 3.05) is 45.9 Å². The number of piperazine rings is 1. The Kier molecular flexibility index (Phi) is 8.28. The molecule has 2 amide bonds. The van der Waals surface area contributed by atoms with E-state index in [1.807, 2.05) is 41.3 Å². The lowest BCUT2D eigenvalue weighted by Crippen LogP contribution is -2.51. The molecule has 2 aliphatic heterocycles. The second kappa shape index (κ2) is 12.0. The van der Waals surface area contributed by atoms with Crippen LogP contribution in [0.4, 0.5) is 4.39 Å². The highest BCUT2D eigenvalue weighted by molar-refractivity contribution is 7.10. The molecule has 1 unspecified atom stereocenters. The Morgan fingerprint density at radius 3 is 2.43 bits per heavy atom. The van der Waals surface area contributed by atoms with Crippen molar-refractivity contribution in [3.05, 3.63) is 93.4 Å². The Morgan fingerprint density at radius 1 is 0.919 bits per heavy atom. The van der Waals surface area contributed by atoms with Gasteiger partial charge in [-0.25, -0.2) is 4.39 Å². The maximum atomic E-state index is 14.0. The van der Waals surface area contributed by atoms with Gasteiger partial charge in [-0.05, 0) is 46.7 Å². The van der Waals surface area contributed by atoms with Crippen molar-refractivity contribution in [1.29, 1.82) is 0 Å². The molecule has 1 saturated heterocycles. The molecule has 1 atom stereocenters. The molecule has 2 aromatic carbocycles. The molecule has 8 heteroatoms. The Balaban J connectivity index is 1.11. The summed E-state index contributed by atoms with van der Waals surface area (Å²) in [6.07, 6.45) is 1.35. The van der Waals surface area contributed by atoms with Gasteiger partial charge in [0.05, 0.1) is 12.6 Å². The molecule has 0 bridgehead atoms. The third kappa shape index (κ3) is 6.26. The van der Waals surface area contributed by atoms with Crippen LogP contribution in [0.5, 0.6) is 0 Å². The van der Waals surface area contributed by atoms with Gasteiger partial charge >= 0.3 is 0 Å². The predicted molar refractivity (Wildman–Crippen MR) is 142 cm³/mol. The number of halogens is 1. The van der Waals surface area contributed by atoms with Crippen molar-refractivity contribution in [3.8, 4) is 0 Å². The van der Waals surface area contributed by atoms with E-state index in [9.17, 15) is 14.0 Å². The number of hydrogen-bond acceptors (Lipinski definition) is 5. The van der Waals surface area contributed by atoms with E-state index in [2.05, 4.69) is 16.3 Å². The van der Waals surface area contributed by atoms with Gasteiger partial charge in [-0.15, -0.1) is 11.3 Å². The number of carbonyl (C=O) groups excluding carboxylic acids is 2. The van der Waals surface area contributed by atoms with Gasteiger partial charge in [0, 0.05) is 50.6 Å². The summed E-state index contributed by atoms with van der Waals surface area (Å²) in [7, 11) is 0. The maximum absolute atomic E-state index is 14.0. The summed E-state index contributed by atoms with van der Waals surface area (Å²) in [5, 5.41) is 2.10. The number of nitrogens with zero attached hydrogens (tertiary/aromatic N) is 3. The average molecular weight is 522 g/mol. The lowest BCUT2D eigenvalue weighted by atomic mass is 9.93. The molecule has 3 aromatic rings. The molecule has 6 nitrogen and oxygen atoms in total. The number of hydrogen-bond donors (Lipinski definition) is 0. The van der Waals surface area contributed by atoms with Gasteiger partial charge in [0.25, 0.3) is 0 Å². The van der Waals surface area contributed by atoms with E-state index >= 15 is 0 Å². The van der Waals surface area contributed by atoms with Gasteiger partial charge in [0.2, 0.25) is 11.8 Å². The van der Waals surface area contributed by atoms with E-state index in [0.29, 0.717) is 45.8 Å². The Hall–Kier alpha value is -3.07. The minimum Gasteiger partial charge on any atom is -0.367 e. The number of amides is 2. The van der Waals surface area contributed by atoms with E-state index in [1.165, 1.54) is 16.5 Å². The van der Waals surface area contributed by atoms with Crippen LogP contribution in [-0.2, 0) is 27.4 Å². The van der Waals surface area contributed by atoms with Gasteiger partial charge in [0.15, 0.2) is 0 Å².